The van der Waals surface area contributed by atoms with E-state index in [0.29, 0.717) is 0 Å². The van der Waals surface area contributed by atoms with Gasteiger partial charge in [0.15, 0.2) is 0 Å². The summed E-state index contributed by atoms with van der Waals surface area (Å²) in [5.41, 5.74) is 11.1. The van der Waals surface area contributed by atoms with Crippen molar-refractivity contribution in [1.29, 1.82) is 0 Å². The van der Waals surface area contributed by atoms with Gasteiger partial charge < -0.3 is 10.1 Å². The zero-order chi connectivity index (χ0) is 14.9. The number of nitrogen functional groups attached to an aromatic ring is 1. The number of fused-ring (bicyclic) bond motifs is 1. The van der Waals surface area contributed by atoms with Gasteiger partial charge in [-0.05, 0) is 50.2 Å². The van der Waals surface area contributed by atoms with Crippen LogP contribution in [0.4, 0.5) is 5.69 Å². The number of hydrogen-bond acceptors (Lipinski definition) is 3. The first kappa shape index (κ1) is 13.3. The number of benzene rings is 1. The first-order chi connectivity index (χ1) is 10.8. The predicted octanol–water partition coefficient (Wildman–Crippen LogP) is 3.18. The fourth-order valence-corrected chi connectivity index (χ4v) is 3.27. The molecule has 0 unspecified atom stereocenters. The Balaban J connectivity index is 1.85. The highest BCUT2D eigenvalue weighted by Gasteiger charge is 2.19. The number of hydrogen-bond donors (Lipinski definition) is 1. The van der Waals surface area contributed by atoms with Gasteiger partial charge in [-0.25, -0.2) is 4.98 Å². The minimum Gasteiger partial charge on any atom is -0.399 e. The lowest BCUT2D eigenvalue weighted by Crippen LogP contribution is -2.19. The molecule has 2 N–H and O–H groups in total. The fourth-order valence-electron chi connectivity index (χ4n) is 3.27. The highest BCUT2D eigenvalue weighted by molar-refractivity contribution is 5.69. The molecular weight excluding hydrogens is 272 g/mol. The molecular formula is C18H20N4. The lowest BCUT2D eigenvalue weighted by atomic mass is 10.1. The molecule has 22 heavy (non-hydrogen) atoms. The van der Waals surface area contributed by atoms with E-state index < -0.39 is 0 Å². The van der Waals surface area contributed by atoms with E-state index in [-0.39, 0.29) is 0 Å². The topological polar surface area (TPSA) is 46.6 Å². The van der Waals surface area contributed by atoms with Gasteiger partial charge in [-0.2, -0.15) is 0 Å². The molecule has 4 rings (SSSR count). The second-order valence-electron chi connectivity index (χ2n) is 5.94. The van der Waals surface area contributed by atoms with Crippen molar-refractivity contribution in [3.05, 3.63) is 54.4 Å². The van der Waals surface area contributed by atoms with Crippen molar-refractivity contribution in [2.24, 2.45) is 0 Å². The molecule has 0 aliphatic carbocycles. The van der Waals surface area contributed by atoms with Gasteiger partial charge in [0.2, 0.25) is 0 Å². The molecule has 4 nitrogen and oxygen atoms in total. The molecule has 1 aliphatic rings. The van der Waals surface area contributed by atoms with Gasteiger partial charge in [0.05, 0.1) is 11.4 Å². The zero-order valence-electron chi connectivity index (χ0n) is 12.6. The first-order valence-electron chi connectivity index (χ1n) is 7.85. The van der Waals surface area contributed by atoms with E-state index in [2.05, 4.69) is 33.7 Å². The fraction of sp³-hybridized carbons (Fsp3) is 0.278. The minimum atomic E-state index is 0.779. The smallest absolute Gasteiger partial charge is 0.137 e. The minimum absolute atomic E-state index is 0.779. The van der Waals surface area contributed by atoms with Crippen molar-refractivity contribution in [2.75, 3.05) is 18.8 Å². The number of likely N-dealkylation sites (tertiary alicyclic amines) is 1. The summed E-state index contributed by atoms with van der Waals surface area (Å²) in [7, 11) is 0. The first-order valence-corrected chi connectivity index (χ1v) is 7.85. The summed E-state index contributed by atoms with van der Waals surface area (Å²) in [5, 5.41) is 0. The van der Waals surface area contributed by atoms with E-state index in [0.717, 1.165) is 29.1 Å². The molecule has 0 atom stereocenters. The van der Waals surface area contributed by atoms with Crippen molar-refractivity contribution in [3.63, 3.8) is 0 Å². The predicted molar refractivity (Wildman–Crippen MR) is 89.6 cm³/mol. The molecule has 0 spiro atoms. The van der Waals surface area contributed by atoms with Gasteiger partial charge >= 0.3 is 0 Å². The number of pyridine rings is 1. The Kier molecular flexibility index (Phi) is 3.31. The number of imidazole rings is 1. The third-order valence-electron chi connectivity index (χ3n) is 4.36. The van der Waals surface area contributed by atoms with Crippen LogP contribution in [-0.2, 0) is 6.54 Å². The Morgan fingerprint density at radius 2 is 1.91 bits per heavy atom. The lowest BCUT2D eigenvalue weighted by molar-refractivity contribution is 0.327. The highest BCUT2D eigenvalue weighted by Crippen LogP contribution is 2.27. The molecule has 112 valence electrons. The molecule has 0 radical (unpaired) electrons. The van der Waals surface area contributed by atoms with Crippen LogP contribution in [0.2, 0.25) is 0 Å². The normalized spacial score (nSPS) is 15.6. The van der Waals surface area contributed by atoms with Crippen LogP contribution in [0.15, 0.2) is 48.7 Å². The summed E-state index contributed by atoms with van der Waals surface area (Å²) >= 11 is 0. The van der Waals surface area contributed by atoms with E-state index in [1.54, 1.807) is 0 Å². The standard InChI is InChI=1S/C18H20N4/c19-15-7-5-6-14(12-15)18-16(13-21-9-3-4-10-21)22-11-2-1-8-17(22)20-18/h1-2,5-8,11-12H,3-4,9-10,13,19H2. The van der Waals surface area contributed by atoms with Gasteiger partial charge in [0, 0.05) is 24.0 Å². The number of rotatable bonds is 3. The van der Waals surface area contributed by atoms with Crippen LogP contribution in [0, 0.1) is 0 Å². The van der Waals surface area contributed by atoms with E-state index in [4.69, 9.17) is 10.7 Å². The molecule has 1 aliphatic heterocycles. The summed E-state index contributed by atoms with van der Waals surface area (Å²) in [4.78, 5) is 7.35. The summed E-state index contributed by atoms with van der Waals surface area (Å²) < 4.78 is 2.21. The maximum atomic E-state index is 5.96. The quantitative estimate of drug-likeness (QED) is 0.754. The third kappa shape index (κ3) is 2.35. The average molecular weight is 292 g/mol. The second kappa shape index (κ2) is 5.46. The largest absolute Gasteiger partial charge is 0.399 e. The Bertz CT molecular complexity index is 800. The molecule has 3 heterocycles. The van der Waals surface area contributed by atoms with E-state index >= 15 is 0 Å². The van der Waals surface area contributed by atoms with Crippen molar-refractivity contribution in [1.82, 2.24) is 14.3 Å². The van der Waals surface area contributed by atoms with Crippen LogP contribution in [-0.4, -0.2) is 27.4 Å². The summed E-state index contributed by atoms with van der Waals surface area (Å²) in [6, 6.07) is 14.2. The SMILES string of the molecule is Nc1cccc(-c2nc3ccccn3c2CN2CCCC2)c1. The van der Waals surface area contributed by atoms with Crippen LogP contribution in [0.25, 0.3) is 16.9 Å². The molecule has 1 fully saturated rings. The van der Waals surface area contributed by atoms with E-state index in [1.807, 2.05) is 24.3 Å². The second-order valence-corrected chi connectivity index (χ2v) is 5.94. The van der Waals surface area contributed by atoms with Gasteiger partial charge in [-0.15, -0.1) is 0 Å². The van der Waals surface area contributed by atoms with E-state index in [1.165, 1.54) is 31.6 Å². The molecule has 0 saturated carbocycles. The number of anilines is 1. The van der Waals surface area contributed by atoms with Gasteiger partial charge in [-0.1, -0.05) is 18.2 Å². The molecule has 1 saturated heterocycles. The van der Waals surface area contributed by atoms with Crippen molar-refractivity contribution in [2.45, 2.75) is 19.4 Å². The Morgan fingerprint density at radius 3 is 2.73 bits per heavy atom. The van der Waals surface area contributed by atoms with Crippen molar-refractivity contribution < 1.29 is 0 Å². The molecule has 2 aromatic heterocycles. The van der Waals surface area contributed by atoms with Crippen molar-refractivity contribution >= 4 is 11.3 Å². The summed E-state index contributed by atoms with van der Waals surface area (Å²) in [5.74, 6) is 0. The highest BCUT2D eigenvalue weighted by atomic mass is 15.2. The lowest BCUT2D eigenvalue weighted by Gasteiger charge is -2.15. The Morgan fingerprint density at radius 1 is 1.05 bits per heavy atom. The third-order valence-corrected chi connectivity index (χ3v) is 4.36. The molecule has 0 bridgehead atoms. The summed E-state index contributed by atoms with van der Waals surface area (Å²) in [6.07, 6.45) is 4.69. The molecule has 1 aromatic carbocycles. The molecule has 3 aromatic rings. The van der Waals surface area contributed by atoms with Crippen LogP contribution in [0.1, 0.15) is 18.5 Å². The van der Waals surface area contributed by atoms with Crippen molar-refractivity contribution in [3.8, 4) is 11.3 Å². The summed E-state index contributed by atoms with van der Waals surface area (Å²) in [6.45, 7) is 3.29. The van der Waals surface area contributed by atoms with Gasteiger partial charge in [0.1, 0.15) is 5.65 Å². The average Bonchev–Trinajstić information content (AvgIpc) is 3.16. The number of aromatic nitrogens is 2. The van der Waals surface area contributed by atoms with E-state index in [9.17, 15) is 0 Å². The van der Waals surface area contributed by atoms with Gasteiger partial charge in [-0.3, -0.25) is 4.90 Å². The Hall–Kier alpha value is -2.33. The molecule has 4 heteroatoms. The number of nitrogens with zero attached hydrogens (tertiary/aromatic N) is 3. The van der Waals surface area contributed by atoms with Crippen LogP contribution >= 0.6 is 0 Å². The number of nitrogens with two attached hydrogens (primary N) is 1. The zero-order valence-corrected chi connectivity index (χ0v) is 12.6. The molecule has 0 amide bonds. The monoisotopic (exact) mass is 292 g/mol. The maximum Gasteiger partial charge on any atom is 0.137 e. The maximum absolute atomic E-state index is 5.96. The Labute approximate surface area is 130 Å². The van der Waals surface area contributed by atoms with Crippen LogP contribution in [0.5, 0.6) is 0 Å². The van der Waals surface area contributed by atoms with Gasteiger partial charge in [0.25, 0.3) is 0 Å². The van der Waals surface area contributed by atoms with Crippen LogP contribution in [0.3, 0.4) is 0 Å². The van der Waals surface area contributed by atoms with Crippen LogP contribution < -0.4 is 5.73 Å².